The van der Waals surface area contributed by atoms with Crippen LogP contribution in [0.15, 0.2) is 66.7 Å². The van der Waals surface area contributed by atoms with Crippen molar-refractivity contribution in [1.82, 2.24) is 4.90 Å². The second-order valence-corrected chi connectivity index (χ2v) is 8.94. The number of hydrogen-bond acceptors (Lipinski definition) is 5. The van der Waals surface area contributed by atoms with Gasteiger partial charge in [0.2, 0.25) is 5.75 Å². The number of nitrogens with zero attached hydrogens (tertiary/aromatic N) is 1. The van der Waals surface area contributed by atoms with E-state index in [1.165, 1.54) is 11.1 Å². The lowest BCUT2D eigenvalue weighted by Gasteiger charge is -2.38. The molecule has 1 fully saturated rings. The van der Waals surface area contributed by atoms with E-state index in [4.69, 9.17) is 14.2 Å². The first kappa shape index (κ1) is 24.6. The summed E-state index contributed by atoms with van der Waals surface area (Å²) in [4.78, 5) is 13.9. The lowest BCUT2D eigenvalue weighted by Crippen LogP contribution is -2.39. The van der Waals surface area contributed by atoms with E-state index >= 15 is 0 Å². The molecule has 6 heteroatoms. The molecule has 184 valence electrons. The largest absolute Gasteiger partial charge is 0.493 e. The number of likely N-dealkylation sites (tertiary alicyclic amines) is 1. The standard InChI is InChI=1S/C29H33NO5/c1-20-9-7-8-12-24(20)27(30-15-13-22(14-16-30)29(31)32)23-17-25(33-2)28(26(18-23)34-3)35-19-21-10-5-4-6-11-21/h4-12,17-18,22,27H,13-16,19H2,1-3H3,(H,31,32). The van der Waals surface area contributed by atoms with Gasteiger partial charge in [0.1, 0.15) is 6.61 Å². The predicted octanol–water partition coefficient (Wildman–Crippen LogP) is 5.48. The number of benzene rings is 3. The lowest BCUT2D eigenvalue weighted by atomic mass is 9.89. The van der Waals surface area contributed by atoms with Crippen LogP contribution in [0.25, 0.3) is 0 Å². The maximum absolute atomic E-state index is 11.5. The quantitative estimate of drug-likeness (QED) is 0.442. The monoisotopic (exact) mass is 475 g/mol. The molecule has 3 aromatic rings. The zero-order valence-corrected chi connectivity index (χ0v) is 20.6. The van der Waals surface area contributed by atoms with Gasteiger partial charge >= 0.3 is 5.97 Å². The van der Waals surface area contributed by atoms with Gasteiger partial charge in [-0.05, 0) is 67.2 Å². The highest BCUT2D eigenvalue weighted by molar-refractivity contribution is 5.70. The Hall–Kier alpha value is -3.51. The molecule has 4 rings (SSSR count). The summed E-state index contributed by atoms with van der Waals surface area (Å²) in [6.45, 7) is 3.91. The summed E-state index contributed by atoms with van der Waals surface area (Å²) in [7, 11) is 3.27. The van der Waals surface area contributed by atoms with E-state index in [1.54, 1.807) is 14.2 Å². The maximum atomic E-state index is 11.5. The van der Waals surface area contributed by atoms with Crippen LogP contribution in [0.1, 0.15) is 41.1 Å². The number of carbonyl (C=O) groups is 1. The Morgan fingerprint density at radius 2 is 1.57 bits per heavy atom. The maximum Gasteiger partial charge on any atom is 0.306 e. The van der Waals surface area contributed by atoms with Crippen LogP contribution in [0.3, 0.4) is 0 Å². The summed E-state index contributed by atoms with van der Waals surface area (Å²) in [5, 5.41) is 9.48. The summed E-state index contributed by atoms with van der Waals surface area (Å²) in [6.07, 6.45) is 1.26. The first-order chi connectivity index (χ1) is 17.0. The molecule has 1 unspecified atom stereocenters. The van der Waals surface area contributed by atoms with Crippen molar-refractivity contribution < 1.29 is 24.1 Å². The van der Waals surface area contributed by atoms with Crippen molar-refractivity contribution in [2.75, 3.05) is 27.3 Å². The molecule has 1 N–H and O–H groups in total. The van der Waals surface area contributed by atoms with Crippen LogP contribution in [-0.2, 0) is 11.4 Å². The molecule has 0 saturated carbocycles. The van der Waals surface area contributed by atoms with Gasteiger partial charge in [0.05, 0.1) is 26.2 Å². The molecule has 3 aromatic carbocycles. The smallest absolute Gasteiger partial charge is 0.306 e. The van der Waals surface area contributed by atoms with E-state index in [2.05, 4.69) is 24.0 Å². The Bertz CT molecular complexity index is 1110. The van der Waals surface area contributed by atoms with E-state index in [9.17, 15) is 9.90 Å². The van der Waals surface area contributed by atoms with Gasteiger partial charge in [-0.3, -0.25) is 9.69 Å². The first-order valence-corrected chi connectivity index (χ1v) is 12.0. The van der Waals surface area contributed by atoms with Gasteiger partial charge in [-0.2, -0.15) is 0 Å². The van der Waals surface area contributed by atoms with Crippen molar-refractivity contribution >= 4 is 5.97 Å². The second kappa shape index (κ2) is 11.3. The lowest BCUT2D eigenvalue weighted by molar-refractivity contribution is -0.143. The van der Waals surface area contributed by atoms with Gasteiger partial charge in [-0.15, -0.1) is 0 Å². The third kappa shape index (κ3) is 5.60. The number of piperidine rings is 1. The highest BCUT2D eigenvalue weighted by Gasteiger charge is 2.32. The zero-order chi connectivity index (χ0) is 24.8. The topological polar surface area (TPSA) is 68.2 Å². The van der Waals surface area contributed by atoms with Crippen molar-refractivity contribution in [3.05, 3.63) is 89.0 Å². The molecule has 1 aliphatic rings. The van der Waals surface area contributed by atoms with Crippen LogP contribution in [-0.4, -0.2) is 43.3 Å². The molecule has 1 heterocycles. The summed E-state index contributed by atoms with van der Waals surface area (Å²) < 4.78 is 17.7. The van der Waals surface area contributed by atoms with Gasteiger partial charge in [0, 0.05) is 0 Å². The number of methoxy groups -OCH3 is 2. The van der Waals surface area contributed by atoms with E-state index < -0.39 is 5.97 Å². The molecule has 0 amide bonds. The Morgan fingerprint density at radius 3 is 2.14 bits per heavy atom. The van der Waals surface area contributed by atoms with Crippen LogP contribution in [0.4, 0.5) is 0 Å². The van der Waals surface area contributed by atoms with Crippen molar-refractivity contribution in [3.63, 3.8) is 0 Å². The van der Waals surface area contributed by atoms with Crippen LogP contribution in [0.5, 0.6) is 17.2 Å². The molecular weight excluding hydrogens is 442 g/mol. The van der Waals surface area contributed by atoms with Gasteiger partial charge in [0.15, 0.2) is 11.5 Å². The van der Waals surface area contributed by atoms with E-state index in [1.807, 2.05) is 54.6 Å². The van der Waals surface area contributed by atoms with Crippen molar-refractivity contribution in [3.8, 4) is 17.2 Å². The number of rotatable bonds is 9. The van der Waals surface area contributed by atoms with Crippen LogP contribution in [0.2, 0.25) is 0 Å². The zero-order valence-electron chi connectivity index (χ0n) is 20.6. The molecule has 35 heavy (non-hydrogen) atoms. The fraction of sp³-hybridized carbons (Fsp3) is 0.345. The molecule has 1 saturated heterocycles. The van der Waals surface area contributed by atoms with E-state index in [0.29, 0.717) is 49.8 Å². The van der Waals surface area contributed by atoms with Gasteiger partial charge < -0.3 is 19.3 Å². The fourth-order valence-corrected chi connectivity index (χ4v) is 4.82. The van der Waals surface area contributed by atoms with Crippen molar-refractivity contribution in [2.24, 2.45) is 5.92 Å². The van der Waals surface area contributed by atoms with Crippen molar-refractivity contribution in [1.29, 1.82) is 0 Å². The Morgan fingerprint density at radius 1 is 0.971 bits per heavy atom. The number of carboxylic acid groups (broad SMARTS) is 1. The van der Waals surface area contributed by atoms with Gasteiger partial charge in [-0.1, -0.05) is 54.6 Å². The van der Waals surface area contributed by atoms with Gasteiger partial charge in [-0.25, -0.2) is 0 Å². The average molecular weight is 476 g/mol. The molecule has 1 atom stereocenters. The number of carboxylic acids is 1. The molecule has 0 aromatic heterocycles. The van der Waals surface area contributed by atoms with E-state index in [0.717, 1.165) is 11.1 Å². The third-order valence-electron chi connectivity index (χ3n) is 6.75. The number of aryl methyl sites for hydroxylation is 1. The molecule has 0 spiro atoms. The first-order valence-electron chi connectivity index (χ1n) is 12.0. The summed E-state index contributed by atoms with van der Waals surface area (Å²) in [6, 6.07) is 22.3. The summed E-state index contributed by atoms with van der Waals surface area (Å²) >= 11 is 0. The Kier molecular flexibility index (Phi) is 7.93. The molecule has 1 aliphatic heterocycles. The molecule has 0 radical (unpaired) electrons. The highest BCUT2D eigenvalue weighted by Crippen LogP contribution is 2.44. The SMILES string of the molecule is COc1cc(C(c2ccccc2C)N2CCC(C(=O)O)CC2)cc(OC)c1OCc1ccccc1. The minimum atomic E-state index is -0.708. The second-order valence-electron chi connectivity index (χ2n) is 8.94. The van der Waals surface area contributed by atoms with Crippen LogP contribution in [0, 0.1) is 12.8 Å². The molecule has 0 bridgehead atoms. The molecule has 0 aliphatic carbocycles. The summed E-state index contributed by atoms with van der Waals surface area (Å²) in [5.41, 5.74) is 4.44. The summed E-state index contributed by atoms with van der Waals surface area (Å²) in [5.74, 6) is 0.779. The highest BCUT2D eigenvalue weighted by atomic mass is 16.5. The minimum absolute atomic E-state index is 0.0584. The number of ether oxygens (including phenoxy) is 3. The predicted molar refractivity (Wildman–Crippen MR) is 135 cm³/mol. The third-order valence-corrected chi connectivity index (χ3v) is 6.75. The Balaban J connectivity index is 1.71. The average Bonchev–Trinajstić information content (AvgIpc) is 2.89. The number of hydrogen-bond donors (Lipinski definition) is 1. The van der Waals surface area contributed by atoms with Gasteiger partial charge in [0.25, 0.3) is 0 Å². The normalized spacial score (nSPS) is 15.4. The number of aliphatic carboxylic acids is 1. The minimum Gasteiger partial charge on any atom is -0.493 e. The van der Waals surface area contributed by atoms with Crippen LogP contribution < -0.4 is 14.2 Å². The Labute approximate surface area is 207 Å². The van der Waals surface area contributed by atoms with Crippen molar-refractivity contribution in [2.45, 2.75) is 32.4 Å². The fourth-order valence-electron chi connectivity index (χ4n) is 4.82. The van der Waals surface area contributed by atoms with Crippen LogP contribution >= 0.6 is 0 Å². The molecule has 6 nitrogen and oxygen atoms in total. The molecular formula is C29H33NO5. The van der Waals surface area contributed by atoms with E-state index in [-0.39, 0.29) is 12.0 Å².